The molecule has 0 aromatic heterocycles. The third-order valence-electron chi connectivity index (χ3n) is 13.6. The lowest BCUT2D eigenvalue weighted by Crippen LogP contribution is -2.82. The minimum absolute atomic E-state index is 0.0913. The second-order valence-corrected chi connectivity index (χ2v) is 17.4. The molecule has 0 spiro atoms. The molecule has 3 aliphatic carbocycles. The number of Topliss-reactive ketones (excluding diaryl/α,β-unsaturated/α-hetero) is 1. The van der Waals surface area contributed by atoms with Gasteiger partial charge in [-0.25, -0.2) is 14.6 Å². The van der Waals surface area contributed by atoms with Gasteiger partial charge >= 0.3 is 23.9 Å². The van der Waals surface area contributed by atoms with Crippen molar-refractivity contribution in [3.8, 4) is 0 Å². The highest BCUT2D eigenvalue weighted by Crippen LogP contribution is 2.64. The Morgan fingerprint density at radius 2 is 1.46 bits per heavy atom. The van der Waals surface area contributed by atoms with Crippen molar-refractivity contribution in [2.24, 2.45) is 21.7 Å². The van der Waals surface area contributed by atoms with Crippen LogP contribution in [0.25, 0.3) is 0 Å². The summed E-state index contributed by atoms with van der Waals surface area (Å²) in [6, 6.07) is 25.3. The van der Waals surface area contributed by atoms with Crippen LogP contribution in [0.15, 0.2) is 107 Å². The zero-order chi connectivity index (χ0) is 43.6. The van der Waals surface area contributed by atoms with Crippen LogP contribution >= 0.6 is 0 Å². The smallest absolute Gasteiger partial charge is 0.350 e. The summed E-state index contributed by atoms with van der Waals surface area (Å²) < 4.78 is 37.0. The van der Waals surface area contributed by atoms with E-state index in [4.69, 9.17) is 33.4 Å². The first-order chi connectivity index (χ1) is 28.9. The van der Waals surface area contributed by atoms with Crippen molar-refractivity contribution >= 4 is 35.6 Å². The molecular formula is C47H49NO13. The monoisotopic (exact) mass is 835 g/mol. The van der Waals surface area contributed by atoms with Crippen molar-refractivity contribution in [3.05, 3.63) is 119 Å². The molecule has 14 heteroatoms. The lowest BCUT2D eigenvalue weighted by molar-refractivity contribution is -0.346. The fourth-order valence-electron chi connectivity index (χ4n) is 10.4. The van der Waals surface area contributed by atoms with Gasteiger partial charge in [0, 0.05) is 37.7 Å². The first-order valence-corrected chi connectivity index (χ1v) is 20.4. The fraction of sp³-hybridized carbons (Fsp3) is 0.447. The molecule has 3 aromatic rings. The van der Waals surface area contributed by atoms with Crippen LogP contribution in [0.2, 0.25) is 0 Å². The lowest BCUT2D eigenvalue weighted by atomic mass is 9.44. The number of ketones is 1. The highest BCUT2D eigenvalue weighted by Gasteiger charge is 2.78. The predicted molar refractivity (Wildman–Crippen MR) is 216 cm³/mol. The minimum Gasteiger partial charge on any atom is -0.459 e. The SMILES string of the molecule is CC(=O)O[C@H]1C(=O)[C@@]2(C)C([C@H](OC(=O)c3ccccc3)[C@]3(O)CC(OC(=O)C4OC(c5ccccc5)=NC4c4ccccc4)C(C)=C1C3(C)C)[C@]1(OC(C)=O)CO[C@@H]1C[C@@H]2O. The van der Waals surface area contributed by atoms with Gasteiger partial charge in [-0.3, -0.25) is 14.4 Å². The van der Waals surface area contributed by atoms with Crippen molar-refractivity contribution in [3.63, 3.8) is 0 Å². The molecule has 14 nitrogen and oxygen atoms in total. The molecular weight excluding hydrogens is 787 g/mol. The van der Waals surface area contributed by atoms with Gasteiger partial charge in [0.2, 0.25) is 12.0 Å². The van der Waals surface area contributed by atoms with E-state index in [2.05, 4.69) is 0 Å². The van der Waals surface area contributed by atoms with Crippen molar-refractivity contribution in [2.45, 2.75) is 108 Å². The molecule has 61 heavy (non-hydrogen) atoms. The van der Waals surface area contributed by atoms with Gasteiger partial charge in [-0.2, -0.15) is 0 Å². The molecule has 2 heterocycles. The number of rotatable bonds is 8. The van der Waals surface area contributed by atoms with Gasteiger partial charge in [-0.05, 0) is 54.8 Å². The van der Waals surface area contributed by atoms with Gasteiger partial charge < -0.3 is 38.6 Å². The fourth-order valence-corrected chi connectivity index (χ4v) is 10.4. The largest absolute Gasteiger partial charge is 0.459 e. The zero-order valence-electron chi connectivity index (χ0n) is 34.7. The van der Waals surface area contributed by atoms with E-state index in [1.54, 1.807) is 51.1 Å². The molecule has 0 radical (unpaired) electrons. The topological polar surface area (TPSA) is 194 Å². The van der Waals surface area contributed by atoms with E-state index in [9.17, 15) is 29.4 Å². The van der Waals surface area contributed by atoms with Crippen molar-refractivity contribution in [2.75, 3.05) is 6.61 Å². The maximum Gasteiger partial charge on any atom is 0.350 e. The molecule has 3 fully saturated rings. The Morgan fingerprint density at radius 3 is 2.05 bits per heavy atom. The summed E-state index contributed by atoms with van der Waals surface area (Å²) in [4.78, 5) is 75.3. The van der Waals surface area contributed by atoms with Crippen LogP contribution in [0.3, 0.4) is 0 Å². The van der Waals surface area contributed by atoms with E-state index >= 15 is 4.79 Å². The summed E-state index contributed by atoms with van der Waals surface area (Å²) in [6.45, 7) is 8.36. The second-order valence-electron chi connectivity index (χ2n) is 17.4. The molecule has 320 valence electrons. The van der Waals surface area contributed by atoms with Gasteiger partial charge in [0.1, 0.15) is 30.0 Å². The summed E-state index contributed by atoms with van der Waals surface area (Å²) in [5.41, 5.74) is -5.80. The van der Waals surface area contributed by atoms with E-state index in [0.717, 1.165) is 6.92 Å². The summed E-state index contributed by atoms with van der Waals surface area (Å²) in [7, 11) is 0. The average molecular weight is 836 g/mol. The van der Waals surface area contributed by atoms with Gasteiger partial charge in [0.25, 0.3) is 0 Å². The number of nitrogens with zero attached hydrogens (tertiary/aromatic N) is 1. The van der Waals surface area contributed by atoms with Crippen LogP contribution in [0, 0.1) is 16.7 Å². The number of esters is 4. The molecule has 2 bridgehead atoms. The summed E-state index contributed by atoms with van der Waals surface area (Å²) in [5.74, 6) is -5.38. The normalized spacial score (nSPS) is 34.8. The zero-order valence-corrected chi connectivity index (χ0v) is 34.7. The Kier molecular flexibility index (Phi) is 10.6. The summed E-state index contributed by atoms with van der Waals surface area (Å²) in [5, 5.41) is 25.8. The van der Waals surface area contributed by atoms with E-state index in [0.29, 0.717) is 16.7 Å². The van der Waals surface area contributed by atoms with E-state index in [1.165, 1.54) is 26.0 Å². The van der Waals surface area contributed by atoms with Crippen LogP contribution in [0.5, 0.6) is 0 Å². The Morgan fingerprint density at radius 1 is 0.836 bits per heavy atom. The Labute approximate surface area is 352 Å². The Balaban J connectivity index is 1.29. The molecule has 11 atom stereocenters. The van der Waals surface area contributed by atoms with Crippen LogP contribution < -0.4 is 0 Å². The quantitative estimate of drug-likeness (QED) is 0.179. The van der Waals surface area contributed by atoms with Gasteiger partial charge in [-0.1, -0.05) is 80.6 Å². The predicted octanol–water partition coefficient (Wildman–Crippen LogP) is 4.79. The number of fused-ring (bicyclic) bond motifs is 5. The molecule has 5 aliphatic rings. The number of hydrogen-bond acceptors (Lipinski definition) is 14. The molecule has 8 rings (SSSR count). The molecule has 1 saturated heterocycles. The van der Waals surface area contributed by atoms with Crippen molar-refractivity contribution in [1.82, 2.24) is 0 Å². The van der Waals surface area contributed by atoms with Crippen molar-refractivity contribution in [1.29, 1.82) is 0 Å². The van der Waals surface area contributed by atoms with E-state index < -0.39 is 107 Å². The molecule has 2 aliphatic heterocycles. The molecule has 0 amide bonds. The van der Waals surface area contributed by atoms with E-state index in [1.807, 2.05) is 48.5 Å². The average Bonchev–Trinajstić information content (AvgIpc) is 3.69. The van der Waals surface area contributed by atoms with Crippen LogP contribution in [-0.2, 0) is 47.6 Å². The summed E-state index contributed by atoms with van der Waals surface area (Å²) >= 11 is 0. The maximum atomic E-state index is 15.5. The number of hydrogen-bond donors (Lipinski definition) is 2. The molecule has 3 aromatic carbocycles. The van der Waals surface area contributed by atoms with Crippen LogP contribution in [0.1, 0.15) is 81.9 Å². The highest BCUT2D eigenvalue weighted by molar-refractivity contribution is 5.98. The van der Waals surface area contributed by atoms with Gasteiger partial charge in [-0.15, -0.1) is 0 Å². The Bertz CT molecular complexity index is 2310. The number of aliphatic hydroxyl groups excluding tert-OH is 1. The number of aliphatic imine (C=N–C) groups is 1. The number of benzene rings is 3. The first kappa shape index (κ1) is 42.0. The standard InChI is InChI=1S/C47H49NO13/c1-25-31(58-43(54)37-35(28-16-10-7-11-17-28)48-41(59-37)29-18-12-8-13-19-29)23-47(55)40(60-42(53)30-20-14-9-15-21-30)38-45(6,32(51)22-33-46(38,24-56-33)61-27(3)50)39(52)36(57-26(2)49)34(25)44(47,4)5/h7-21,31-33,35-38,40,51,55H,22-24H2,1-6H3/t31?,32-,33+,35?,36+,37?,38?,40-,45+,46-,47+/m0/s1. The molecule has 4 unspecified atom stereocenters. The van der Waals surface area contributed by atoms with Gasteiger partial charge in [0.05, 0.1) is 29.6 Å². The second kappa shape index (κ2) is 15.3. The number of carbonyl (C=O) groups excluding carboxylic acids is 5. The maximum absolute atomic E-state index is 15.5. The Hall–Kier alpha value is -5.70. The molecule has 2 saturated carbocycles. The third-order valence-corrected chi connectivity index (χ3v) is 13.6. The summed E-state index contributed by atoms with van der Waals surface area (Å²) in [6.07, 6.45) is -9.21. The third kappa shape index (κ3) is 6.66. The number of carbonyl (C=O) groups is 5. The number of ether oxygens (including phenoxy) is 6. The van der Waals surface area contributed by atoms with Crippen LogP contribution in [-0.4, -0.2) is 100 Å². The number of aliphatic hydroxyl groups is 2. The van der Waals surface area contributed by atoms with Gasteiger partial charge in [0.15, 0.2) is 17.5 Å². The first-order valence-electron chi connectivity index (χ1n) is 20.4. The molecule has 2 N–H and O–H groups in total. The van der Waals surface area contributed by atoms with E-state index in [-0.39, 0.29) is 30.1 Å². The van der Waals surface area contributed by atoms with Crippen molar-refractivity contribution < 1.29 is 62.6 Å². The minimum atomic E-state index is -2.30. The van der Waals surface area contributed by atoms with Crippen LogP contribution in [0.4, 0.5) is 0 Å². The highest BCUT2D eigenvalue weighted by atomic mass is 16.6. The lowest BCUT2D eigenvalue weighted by Gasteiger charge is -2.67.